The second-order valence-electron chi connectivity index (χ2n) is 7.09. The Hall–Kier alpha value is -1.66. The second kappa shape index (κ2) is 14.0. The van der Waals surface area contributed by atoms with E-state index in [-0.39, 0.29) is 12.7 Å². The van der Waals surface area contributed by atoms with Crippen molar-refractivity contribution in [1.29, 1.82) is 0 Å². The van der Waals surface area contributed by atoms with Gasteiger partial charge >= 0.3 is 8.03 Å². The molecular formula is C23H24Cl4N2O4P+. The number of hydrogen-bond donors (Lipinski definition) is 1. The van der Waals surface area contributed by atoms with E-state index in [1.807, 2.05) is 0 Å². The van der Waals surface area contributed by atoms with E-state index in [4.69, 9.17) is 55.8 Å². The van der Waals surface area contributed by atoms with Gasteiger partial charge in [0.05, 0.1) is 16.6 Å². The maximum Gasteiger partial charge on any atom is 0.507 e. The average Bonchev–Trinajstić information content (AvgIpc) is 3.29. The molecule has 1 atom stereocenters. The largest absolute Gasteiger partial charge is 0.507 e. The third kappa shape index (κ3) is 7.94. The van der Waals surface area contributed by atoms with Crippen molar-refractivity contribution < 1.29 is 18.8 Å². The van der Waals surface area contributed by atoms with Crippen molar-refractivity contribution in [1.82, 2.24) is 5.16 Å². The van der Waals surface area contributed by atoms with Gasteiger partial charge in [0.15, 0.2) is 16.8 Å². The van der Waals surface area contributed by atoms with Crippen LogP contribution >= 0.6 is 54.4 Å². The summed E-state index contributed by atoms with van der Waals surface area (Å²) in [4.78, 5) is 21.4. The molecule has 182 valence electrons. The molecule has 0 saturated heterocycles. The van der Waals surface area contributed by atoms with Crippen LogP contribution in [0, 0.1) is 0 Å². The van der Waals surface area contributed by atoms with Gasteiger partial charge in [-0.15, -0.1) is 0 Å². The zero-order valence-electron chi connectivity index (χ0n) is 18.6. The Bertz CT molecular complexity index is 1100. The Morgan fingerprint density at radius 1 is 1.09 bits per heavy atom. The number of nitrogens with zero attached hydrogens (tertiary/aromatic N) is 2. The van der Waals surface area contributed by atoms with Gasteiger partial charge in [0, 0.05) is 22.9 Å². The van der Waals surface area contributed by atoms with Crippen LogP contribution in [0.4, 0.5) is 5.69 Å². The van der Waals surface area contributed by atoms with Crippen molar-refractivity contribution >= 4 is 66.0 Å². The normalized spacial score (nSPS) is 11.1. The van der Waals surface area contributed by atoms with Gasteiger partial charge < -0.3 is 9.42 Å². The van der Waals surface area contributed by atoms with Crippen molar-refractivity contribution in [3.05, 3.63) is 58.6 Å². The number of alkyl halides is 2. The number of anilines is 1. The first-order chi connectivity index (χ1) is 16.2. The zero-order chi connectivity index (χ0) is 25.3. The molecule has 0 bridgehead atoms. The molecule has 0 spiro atoms. The smallest absolute Gasteiger partial charge is 0.356 e. The molecule has 1 amide bonds. The number of aromatic nitrogens is 1. The van der Waals surface area contributed by atoms with E-state index in [0.717, 1.165) is 0 Å². The Labute approximate surface area is 219 Å². The summed E-state index contributed by atoms with van der Waals surface area (Å²) in [5.41, 5.74) is 2.05. The fraction of sp³-hybridized carbons (Fsp3) is 0.304. The van der Waals surface area contributed by atoms with Crippen LogP contribution in [0.5, 0.6) is 0 Å². The fourth-order valence-electron chi connectivity index (χ4n) is 2.77. The summed E-state index contributed by atoms with van der Waals surface area (Å²) in [6, 6.07) is 13.6. The van der Waals surface area contributed by atoms with Crippen LogP contribution in [0.1, 0.15) is 26.7 Å². The van der Waals surface area contributed by atoms with Crippen molar-refractivity contribution in [3.8, 4) is 22.6 Å². The van der Waals surface area contributed by atoms with E-state index in [1.165, 1.54) is 17.7 Å². The summed E-state index contributed by atoms with van der Waals surface area (Å²) in [6.45, 7) is 4.33. The van der Waals surface area contributed by atoms with Crippen molar-refractivity contribution in [3.63, 3.8) is 0 Å². The molecule has 3 aromatic rings. The quantitative estimate of drug-likeness (QED) is 0.221. The number of unbranched alkanes of at least 4 members (excludes halogenated alkanes) is 1. The summed E-state index contributed by atoms with van der Waals surface area (Å²) in [5.74, 6) is -0.190. The van der Waals surface area contributed by atoms with E-state index in [9.17, 15) is 9.36 Å². The lowest BCUT2D eigenvalue weighted by atomic mass is 10.1. The molecule has 6 nitrogen and oxygen atoms in total. The molecule has 0 saturated carbocycles. The monoisotopic (exact) mass is 563 g/mol. The van der Waals surface area contributed by atoms with Gasteiger partial charge in [-0.05, 0) is 28.8 Å². The van der Waals surface area contributed by atoms with Crippen molar-refractivity contribution in [2.24, 2.45) is 0 Å². The molecule has 0 aliphatic carbocycles. The lowest BCUT2D eigenvalue weighted by Gasteiger charge is -2.21. The highest BCUT2D eigenvalue weighted by atomic mass is 35.5. The minimum atomic E-state index is -2.43. The van der Waals surface area contributed by atoms with Crippen molar-refractivity contribution in [2.45, 2.75) is 31.5 Å². The second-order valence-corrected chi connectivity index (χ2v) is 10.2. The highest BCUT2D eigenvalue weighted by molar-refractivity contribution is 7.38. The Kier molecular flexibility index (Phi) is 11.8. The van der Waals surface area contributed by atoms with Gasteiger partial charge in [-0.1, -0.05) is 96.4 Å². The molecule has 1 unspecified atom stereocenters. The number of halogens is 4. The molecule has 0 aliphatic heterocycles. The predicted octanol–water partition coefficient (Wildman–Crippen LogP) is 7.99. The SMILES string of the molecule is CCCC.O=C(C(Cl)Cl)N(CC[P+](=O)O)c1cccc(-c2cc(-c3c(Cl)cccc3Cl)no2)c1. The van der Waals surface area contributed by atoms with E-state index in [2.05, 4.69) is 19.0 Å². The third-order valence-electron chi connectivity index (χ3n) is 4.64. The Morgan fingerprint density at radius 2 is 1.71 bits per heavy atom. The molecule has 1 N–H and O–H groups in total. The number of rotatable bonds is 8. The summed E-state index contributed by atoms with van der Waals surface area (Å²) in [6.07, 6.45) is 2.52. The maximum absolute atomic E-state index is 12.4. The molecule has 0 radical (unpaired) electrons. The number of benzene rings is 2. The molecule has 11 heteroatoms. The minimum Gasteiger partial charge on any atom is -0.356 e. The molecular weight excluding hydrogens is 541 g/mol. The van der Waals surface area contributed by atoms with Crippen LogP contribution in [0.2, 0.25) is 10.0 Å². The Morgan fingerprint density at radius 3 is 2.26 bits per heavy atom. The van der Waals surface area contributed by atoms with Crippen LogP contribution in [0.25, 0.3) is 22.6 Å². The van der Waals surface area contributed by atoms with Gasteiger partial charge in [0.2, 0.25) is 0 Å². The Balaban J connectivity index is 0.000000945. The standard InChI is InChI=1S/C19H13Cl4N2O4P.C4H10/c20-13-5-2-6-14(21)17(13)15-10-16(29-24-15)11-3-1-4-12(9-11)25(7-8-30(27)28)19(26)18(22)23;1-3-4-2/h1-6,9-10,18H,7-8H2;3-4H2,1-2H3/p+1. The van der Waals surface area contributed by atoms with E-state index >= 15 is 0 Å². The van der Waals surface area contributed by atoms with Crippen molar-refractivity contribution in [2.75, 3.05) is 17.6 Å². The van der Waals surface area contributed by atoms with Crippen LogP contribution in [0.3, 0.4) is 0 Å². The van der Waals surface area contributed by atoms with Gasteiger partial charge in [0.25, 0.3) is 5.91 Å². The number of hydrogen-bond acceptors (Lipinski definition) is 4. The fourth-order valence-corrected chi connectivity index (χ4v) is 3.97. The van der Waals surface area contributed by atoms with Gasteiger partial charge in [-0.25, -0.2) is 0 Å². The molecule has 3 rings (SSSR count). The highest BCUT2D eigenvalue weighted by Gasteiger charge is 2.25. The van der Waals surface area contributed by atoms with Gasteiger partial charge in [-0.2, -0.15) is 4.89 Å². The lowest BCUT2D eigenvalue weighted by Crippen LogP contribution is -2.36. The lowest BCUT2D eigenvalue weighted by molar-refractivity contribution is -0.116. The number of amides is 1. The van der Waals surface area contributed by atoms with E-state index in [0.29, 0.717) is 38.3 Å². The van der Waals surface area contributed by atoms with Gasteiger partial charge in [0.1, 0.15) is 5.69 Å². The third-order valence-corrected chi connectivity index (χ3v) is 6.22. The summed E-state index contributed by atoms with van der Waals surface area (Å²) < 4.78 is 16.6. The first-order valence-electron chi connectivity index (χ1n) is 10.4. The summed E-state index contributed by atoms with van der Waals surface area (Å²) >= 11 is 23.9. The predicted molar refractivity (Wildman–Crippen MR) is 141 cm³/mol. The minimum absolute atomic E-state index is 0.0270. The van der Waals surface area contributed by atoms with E-state index in [1.54, 1.807) is 48.5 Å². The molecule has 1 aromatic heterocycles. The molecule has 0 fully saturated rings. The summed E-state index contributed by atoms with van der Waals surface area (Å²) in [7, 11) is -2.43. The van der Waals surface area contributed by atoms with E-state index < -0.39 is 18.8 Å². The molecule has 34 heavy (non-hydrogen) atoms. The molecule has 1 heterocycles. The topological polar surface area (TPSA) is 83.6 Å². The summed E-state index contributed by atoms with van der Waals surface area (Å²) in [5, 5.41) is 4.91. The maximum atomic E-state index is 12.4. The zero-order valence-corrected chi connectivity index (χ0v) is 22.5. The molecule has 0 aliphatic rings. The molecule has 2 aromatic carbocycles. The van der Waals surface area contributed by atoms with Crippen LogP contribution in [-0.2, 0) is 9.36 Å². The van der Waals surface area contributed by atoms with Gasteiger partial charge in [-0.3, -0.25) is 4.79 Å². The van der Waals surface area contributed by atoms with Crippen LogP contribution in [-0.4, -0.2) is 33.5 Å². The van der Waals surface area contributed by atoms with Crippen LogP contribution < -0.4 is 4.90 Å². The average molecular weight is 565 g/mol. The highest BCUT2D eigenvalue weighted by Crippen LogP contribution is 2.36. The first-order valence-corrected chi connectivity index (χ1v) is 13.5. The number of carbonyl (C=O) groups is 1. The first kappa shape index (κ1) is 28.6. The number of carbonyl (C=O) groups excluding carboxylic acids is 1. The van der Waals surface area contributed by atoms with Crippen LogP contribution in [0.15, 0.2) is 53.1 Å².